The van der Waals surface area contributed by atoms with Crippen LogP contribution in [0, 0.1) is 6.92 Å². The number of benzene rings is 1. The lowest BCUT2D eigenvalue weighted by molar-refractivity contribution is 0.0982. The van der Waals surface area contributed by atoms with Crippen LogP contribution in [0.1, 0.15) is 22.3 Å². The highest BCUT2D eigenvalue weighted by atomic mass is 16.3. The highest BCUT2D eigenvalue weighted by molar-refractivity contribution is 5.99. The SMILES string of the molecule is Cc1ccc(C(=O)CCN)c(O)c1O. The predicted octanol–water partition coefficient (Wildman–Crippen LogP) is 0.938. The van der Waals surface area contributed by atoms with Gasteiger partial charge in [-0.05, 0) is 25.1 Å². The molecule has 0 aliphatic heterocycles. The molecule has 0 amide bonds. The van der Waals surface area contributed by atoms with E-state index in [1.165, 1.54) is 6.07 Å². The molecule has 1 aromatic rings. The first-order valence-electron chi connectivity index (χ1n) is 4.32. The molecule has 0 spiro atoms. The van der Waals surface area contributed by atoms with E-state index in [1.807, 2.05) is 0 Å². The quantitative estimate of drug-likeness (QED) is 0.495. The Morgan fingerprint density at radius 3 is 2.57 bits per heavy atom. The van der Waals surface area contributed by atoms with E-state index in [0.29, 0.717) is 5.56 Å². The zero-order chi connectivity index (χ0) is 10.7. The van der Waals surface area contributed by atoms with Gasteiger partial charge in [0, 0.05) is 6.42 Å². The topological polar surface area (TPSA) is 83.6 Å². The summed E-state index contributed by atoms with van der Waals surface area (Å²) in [5, 5.41) is 18.8. The molecule has 0 fully saturated rings. The van der Waals surface area contributed by atoms with Gasteiger partial charge in [-0.15, -0.1) is 0 Å². The highest BCUT2D eigenvalue weighted by Crippen LogP contribution is 2.32. The van der Waals surface area contributed by atoms with E-state index in [2.05, 4.69) is 0 Å². The third-order valence-corrected chi connectivity index (χ3v) is 2.02. The van der Waals surface area contributed by atoms with Crippen molar-refractivity contribution in [1.82, 2.24) is 0 Å². The van der Waals surface area contributed by atoms with Gasteiger partial charge in [0.25, 0.3) is 0 Å². The number of aryl methyl sites for hydroxylation is 1. The Morgan fingerprint density at radius 2 is 2.00 bits per heavy atom. The fourth-order valence-corrected chi connectivity index (χ4v) is 1.17. The van der Waals surface area contributed by atoms with Crippen molar-refractivity contribution < 1.29 is 15.0 Å². The number of carbonyl (C=O) groups excluding carboxylic acids is 1. The van der Waals surface area contributed by atoms with Crippen molar-refractivity contribution in [2.45, 2.75) is 13.3 Å². The third-order valence-electron chi connectivity index (χ3n) is 2.02. The molecule has 0 bridgehead atoms. The molecule has 0 aromatic heterocycles. The van der Waals surface area contributed by atoms with E-state index >= 15 is 0 Å². The molecule has 76 valence electrons. The normalized spacial score (nSPS) is 10.1. The molecule has 1 rings (SSSR count). The van der Waals surface area contributed by atoms with E-state index < -0.39 is 0 Å². The van der Waals surface area contributed by atoms with Gasteiger partial charge in [0.1, 0.15) is 0 Å². The third kappa shape index (κ3) is 1.85. The fourth-order valence-electron chi connectivity index (χ4n) is 1.17. The zero-order valence-electron chi connectivity index (χ0n) is 7.95. The smallest absolute Gasteiger partial charge is 0.168 e. The summed E-state index contributed by atoms with van der Waals surface area (Å²) in [7, 11) is 0. The Labute approximate surface area is 82.0 Å². The van der Waals surface area contributed by atoms with Crippen LogP contribution in [0.3, 0.4) is 0 Å². The van der Waals surface area contributed by atoms with Crippen molar-refractivity contribution >= 4 is 5.78 Å². The van der Waals surface area contributed by atoms with Gasteiger partial charge in [0.05, 0.1) is 5.56 Å². The molecule has 4 N–H and O–H groups in total. The first kappa shape index (κ1) is 10.5. The minimum Gasteiger partial charge on any atom is -0.504 e. The van der Waals surface area contributed by atoms with Crippen molar-refractivity contribution in [2.24, 2.45) is 5.73 Å². The molecular formula is C10H13NO3. The molecule has 4 nitrogen and oxygen atoms in total. The number of hydrogen-bond donors (Lipinski definition) is 3. The summed E-state index contributed by atoms with van der Waals surface area (Å²) in [5.41, 5.74) is 5.88. The molecule has 0 saturated heterocycles. The summed E-state index contributed by atoms with van der Waals surface area (Å²) in [4.78, 5) is 11.4. The first-order chi connectivity index (χ1) is 6.57. The summed E-state index contributed by atoms with van der Waals surface area (Å²) in [6, 6.07) is 3.07. The summed E-state index contributed by atoms with van der Waals surface area (Å²) < 4.78 is 0. The molecule has 0 heterocycles. The molecule has 4 heteroatoms. The monoisotopic (exact) mass is 195 g/mol. The lowest BCUT2D eigenvalue weighted by Gasteiger charge is -2.06. The molecule has 0 unspecified atom stereocenters. The average molecular weight is 195 g/mol. The number of ketones is 1. The number of phenols is 2. The van der Waals surface area contributed by atoms with Gasteiger partial charge in [-0.1, -0.05) is 6.07 Å². The molecule has 1 aromatic carbocycles. The number of carbonyl (C=O) groups is 1. The van der Waals surface area contributed by atoms with Crippen LogP contribution in [-0.2, 0) is 0 Å². The molecule has 0 aliphatic carbocycles. The van der Waals surface area contributed by atoms with Crippen molar-refractivity contribution in [3.8, 4) is 11.5 Å². The molecule has 0 aliphatic rings. The number of Topliss-reactive ketones (excluding diaryl/α,β-unsaturated/α-hetero) is 1. The Hall–Kier alpha value is -1.55. The molecule has 0 atom stereocenters. The van der Waals surface area contributed by atoms with E-state index in [4.69, 9.17) is 5.73 Å². The second-order valence-electron chi connectivity index (χ2n) is 3.09. The van der Waals surface area contributed by atoms with E-state index in [0.717, 1.165) is 0 Å². The van der Waals surface area contributed by atoms with Gasteiger partial charge in [0.15, 0.2) is 17.3 Å². The van der Waals surface area contributed by atoms with Gasteiger partial charge in [-0.2, -0.15) is 0 Å². The first-order valence-corrected chi connectivity index (χ1v) is 4.32. The van der Waals surface area contributed by atoms with Crippen LogP contribution in [0.15, 0.2) is 12.1 Å². The number of rotatable bonds is 3. The van der Waals surface area contributed by atoms with Crippen molar-refractivity contribution in [2.75, 3.05) is 6.54 Å². The van der Waals surface area contributed by atoms with Crippen LogP contribution >= 0.6 is 0 Å². The molecule has 14 heavy (non-hydrogen) atoms. The molecule has 0 radical (unpaired) electrons. The second-order valence-corrected chi connectivity index (χ2v) is 3.09. The maximum Gasteiger partial charge on any atom is 0.168 e. The number of nitrogens with two attached hydrogens (primary N) is 1. The largest absolute Gasteiger partial charge is 0.504 e. The Bertz CT molecular complexity index is 361. The second kappa shape index (κ2) is 4.11. The van der Waals surface area contributed by atoms with Gasteiger partial charge < -0.3 is 15.9 Å². The summed E-state index contributed by atoms with van der Waals surface area (Å²) in [5.74, 6) is -0.864. The van der Waals surface area contributed by atoms with E-state index in [-0.39, 0.29) is 35.8 Å². The predicted molar refractivity (Wildman–Crippen MR) is 52.5 cm³/mol. The number of aromatic hydroxyl groups is 2. The standard InChI is InChI=1S/C10H13NO3/c1-6-2-3-7(8(12)4-5-11)10(14)9(6)13/h2-3,13-14H,4-5,11H2,1H3. The van der Waals surface area contributed by atoms with Crippen LogP contribution in [-0.4, -0.2) is 22.5 Å². The van der Waals surface area contributed by atoms with Gasteiger partial charge >= 0.3 is 0 Å². The Kier molecular flexibility index (Phi) is 3.09. The Morgan fingerprint density at radius 1 is 1.36 bits per heavy atom. The van der Waals surface area contributed by atoms with Crippen LogP contribution in [0.25, 0.3) is 0 Å². The highest BCUT2D eigenvalue weighted by Gasteiger charge is 2.14. The summed E-state index contributed by atoms with van der Waals surface area (Å²) in [6.45, 7) is 1.87. The van der Waals surface area contributed by atoms with E-state index in [9.17, 15) is 15.0 Å². The van der Waals surface area contributed by atoms with Gasteiger partial charge in [0.2, 0.25) is 0 Å². The zero-order valence-corrected chi connectivity index (χ0v) is 7.95. The van der Waals surface area contributed by atoms with Crippen LogP contribution in [0.4, 0.5) is 0 Å². The van der Waals surface area contributed by atoms with Crippen LogP contribution in [0.5, 0.6) is 11.5 Å². The summed E-state index contributed by atoms with van der Waals surface area (Å²) in [6.07, 6.45) is 0.163. The van der Waals surface area contributed by atoms with Crippen LogP contribution < -0.4 is 5.73 Å². The Balaban J connectivity index is 3.11. The van der Waals surface area contributed by atoms with Crippen molar-refractivity contribution in [3.63, 3.8) is 0 Å². The lowest BCUT2D eigenvalue weighted by Crippen LogP contribution is -2.08. The molecular weight excluding hydrogens is 182 g/mol. The van der Waals surface area contributed by atoms with Crippen molar-refractivity contribution in [3.05, 3.63) is 23.3 Å². The minimum absolute atomic E-state index is 0.124. The average Bonchev–Trinajstić information content (AvgIpc) is 2.15. The maximum absolute atomic E-state index is 11.4. The maximum atomic E-state index is 11.4. The van der Waals surface area contributed by atoms with Crippen LogP contribution in [0.2, 0.25) is 0 Å². The minimum atomic E-state index is -0.358. The molecule has 0 saturated carbocycles. The van der Waals surface area contributed by atoms with Gasteiger partial charge in [-0.25, -0.2) is 0 Å². The van der Waals surface area contributed by atoms with Gasteiger partial charge in [-0.3, -0.25) is 4.79 Å². The number of hydrogen-bond acceptors (Lipinski definition) is 4. The number of phenolic OH excluding ortho intramolecular Hbond substituents is 2. The fraction of sp³-hybridized carbons (Fsp3) is 0.300. The summed E-state index contributed by atoms with van der Waals surface area (Å²) >= 11 is 0. The lowest BCUT2D eigenvalue weighted by atomic mass is 10.0. The van der Waals surface area contributed by atoms with E-state index in [1.54, 1.807) is 13.0 Å². The van der Waals surface area contributed by atoms with Crippen molar-refractivity contribution in [1.29, 1.82) is 0 Å².